The van der Waals surface area contributed by atoms with Crippen molar-refractivity contribution in [3.05, 3.63) is 29.8 Å². The van der Waals surface area contributed by atoms with Crippen molar-refractivity contribution in [3.8, 4) is 5.75 Å². The zero-order valence-electron chi connectivity index (χ0n) is 10.8. The summed E-state index contributed by atoms with van der Waals surface area (Å²) < 4.78 is 27.7. The lowest BCUT2D eigenvalue weighted by Gasteiger charge is -2.22. The van der Waals surface area contributed by atoms with Crippen LogP contribution in [-0.2, 0) is 13.6 Å². The van der Waals surface area contributed by atoms with Crippen LogP contribution in [0.1, 0.15) is 24.0 Å². The van der Waals surface area contributed by atoms with Gasteiger partial charge in [-0.05, 0) is 31.5 Å². The molecule has 1 atom stereocenters. The van der Waals surface area contributed by atoms with Gasteiger partial charge in [0.25, 0.3) is 0 Å². The second kappa shape index (κ2) is 7.29. The van der Waals surface area contributed by atoms with Gasteiger partial charge < -0.3 is 13.8 Å². The van der Waals surface area contributed by atoms with E-state index in [1.165, 1.54) is 0 Å². The van der Waals surface area contributed by atoms with E-state index in [4.69, 9.17) is 13.8 Å². The standard InChI is InChI=1S/C12H18BrO4P/c1-4-16-18(14,17-5-2)12(13)10-6-8-11(15-3)9-7-10/h6-9,12H,4-5H2,1-3H3. The van der Waals surface area contributed by atoms with Gasteiger partial charge >= 0.3 is 7.60 Å². The van der Waals surface area contributed by atoms with Crippen molar-refractivity contribution in [2.24, 2.45) is 0 Å². The molecule has 0 amide bonds. The van der Waals surface area contributed by atoms with Gasteiger partial charge in [0, 0.05) is 0 Å². The average molecular weight is 337 g/mol. The summed E-state index contributed by atoms with van der Waals surface area (Å²) in [4.78, 5) is 0. The first-order valence-corrected chi connectivity index (χ1v) is 8.27. The van der Waals surface area contributed by atoms with E-state index in [1.807, 2.05) is 24.3 Å². The summed E-state index contributed by atoms with van der Waals surface area (Å²) in [7, 11) is -1.58. The van der Waals surface area contributed by atoms with E-state index in [1.54, 1.807) is 21.0 Å². The van der Waals surface area contributed by atoms with Gasteiger partial charge in [-0.15, -0.1) is 0 Å². The Labute approximate surface area is 116 Å². The predicted octanol–water partition coefficient (Wildman–Crippen LogP) is 4.35. The zero-order chi connectivity index (χ0) is 13.6. The molecule has 0 bridgehead atoms. The van der Waals surface area contributed by atoms with Gasteiger partial charge in [0.1, 0.15) is 10.3 Å². The first-order chi connectivity index (χ1) is 8.57. The SMILES string of the molecule is CCOP(=O)(OCC)C(Br)c1ccc(OC)cc1. The van der Waals surface area contributed by atoms with Crippen LogP contribution in [0.25, 0.3) is 0 Å². The first-order valence-electron chi connectivity index (χ1n) is 5.74. The van der Waals surface area contributed by atoms with Crippen LogP contribution in [0.15, 0.2) is 24.3 Å². The van der Waals surface area contributed by atoms with Gasteiger partial charge in [0.05, 0.1) is 20.3 Å². The Morgan fingerprint density at radius 2 is 1.67 bits per heavy atom. The van der Waals surface area contributed by atoms with Crippen molar-refractivity contribution in [2.45, 2.75) is 18.4 Å². The molecule has 0 saturated carbocycles. The molecule has 0 saturated heterocycles. The van der Waals surface area contributed by atoms with Crippen LogP contribution in [0.5, 0.6) is 5.75 Å². The Hall–Kier alpha value is -0.350. The molecule has 102 valence electrons. The number of hydrogen-bond donors (Lipinski definition) is 0. The summed E-state index contributed by atoms with van der Waals surface area (Å²) in [6.07, 6.45) is 0. The molecular formula is C12H18BrO4P. The van der Waals surface area contributed by atoms with E-state index in [2.05, 4.69) is 15.9 Å². The maximum atomic E-state index is 12.5. The maximum Gasteiger partial charge on any atom is 0.348 e. The lowest BCUT2D eigenvalue weighted by Crippen LogP contribution is -2.01. The van der Waals surface area contributed by atoms with Crippen LogP contribution in [0.4, 0.5) is 0 Å². The molecule has 0 aromatic heterocycles. The third kappa shape index (κ3) is 3.82. The Kier molecular flexibility index (Phi) is 6.36. The highest BCUT2D eigenvalue weighted by Gasteiger charge is 2.34. The molecule has 6 heteroatoms. The Balaban J connectivity index is 2.94. The van der Waals surface area contributed by atoms with Crippen molar-refractivity contribution < 1.29 is 18.3 Å². The third-order valence-electron chi connectivity index (χ3n) is 2.29. The largest absolute Gasteiger partial charge is 0.497 e. The highest BCUT2D eigenvalue weighted by molar-refractivity contribution is 9.10. The van der Waals surface area contributed by atoms with Crippen molar-refractivity contribution in [1.29, 1.82) is 0 Å². The van der Waals surface area contributed by atoms with Crippen molar-refractivity contribution in [2.75, 3.05) is 20.3 Å². The highest BCUT2D eigenvalue weighted by Crippen LogP contribution is 2.63. The van der Waals surface area contributed by atoms with Gasteiger partial charge in [-0.3, -0.25) is 4.57 Å². The van der Waals surface area contributed by atoms with Gasteiger partial charge in [-0.2, -0.15) is 0 Å². The fourth-order valence-corrected chi connectivity index (χ4v) is 4.08. The molecule has 0 radical (unpaired) electrons. The van der Waals surface area contributed by atoms with Crippen LogP contribution >= 0.6 is 23.5 Å². The molecule has 1 aromatic carbocycles. The number of halogens is 1. The zero-order valence-corrected chi connectivity index (χ0v) is 13.2. The van der Waals surface area contributed by atoms with Crippen LogP contribution < -0.4 is 4.74 Å². The predicted molar refractivity (Wildman–Crippen MR) is 75.5 cm³/mol. The van der Waals surface area contributed by atoms with Crippen molar-refractivity contribution in [3.63, 3.8) is 0 Å². The first kappa shape index (κ1) is 15.7. The number of hydrogen-bond acceptors (Lipinski definition) is 4. The van der Waals surface area contributed by atoms with E-state index in [-0.39, 0.29) is 0 Å². The number of benzene rings is 1. The fourth-order valence-electron chi connectivity index (χ4n) is 1.47. The van der Waals surface area contributed by atoms with Crippen LogP contribution in [-0.4, -0.2) is 20.3 Å². The fraction of sp³-hybridized carbons (Fsp3) is 0.500. The van der Waals surface area contributed by atoms with Gasteiger partial charge in [-0.1, -0.05) is 28.1 Å². The van der Waals surface area contributed by atoms with E-state index in [9.17, 15) is 4.57 Å². The van der Waals surface area contributed by atoms with Crippen LogP contribution in [0.2, 0.25) is 0 Å². The van der Waals surface area contributed by atoms with Crippen molar-refractivity contribution >= 4 is 23.5 Å². The minimum absolute atomic E-state index is 0.343. The lowest BCUT2D eigenvalue weighted by molar-refractivity contribution is 0.219. The summed E-state index contributed by atoms with van der Waals surface area (Å²) in [5.41, 5.74) is 0.834. The minimum Gasteiger partial charge on any atom is -0.497 e. The molecule has 18 heavy (non-hydrogen) atoms. The Morgan fingerprint density at radius 3 is 2.06 bits per heavy atom. The molecule has 0 heterocycles. The second-order valence-corrected chi connectivity index (χ2v) is 7.22. The number of methoxy groups -OCH3 is 1. The molecule has 4 nitrogen and oxygen atoms in total. The minimum atomic E-state index is -3.18. The summed E-state index contributed by atoms with van der Waals surface area (Å²) in [5, 5.41) is 0. The molecule has 1 aromatic rings. The number of alkyl halides is 1. The molecule has 0 N–H and O–H groups in total. The smallest absolute Gasteiger partial charge is 0.348 e. The van der Waals surface area contributed by atoms with E-state index in [0.717, 1.165) is 11.3 Å². The van der Waals surface area contributed by atoms with Crippen molar-refractivity contribution in [1.82, 2.24) is 0 Å². The summed E-state index contributed by atoms with van der Waals surface area (Å²) >= 11 is 3.40. The van der Waals surface area contributed by atoms with E-state index in [0.29, 0.717) is 13.2 Å². The van der Waals surface area contributed by atoms with Gasteiger partial charge in [0.2, 0.25) is 0 Å². The molecule has 0 aliphatic carbocycles. The average Bonchev–Trinajstić information content (AvgIpc) is 2.38. The topological polar surface area (TPSA) is 44.8 Å². The lowest BCUT2D eigenvalue weighted by atomic mass is 10.2. The third-order valence-corrected chi connectivity index (χ3v) is 6.41. The Morgan fingerprint density at radius 1 is 1.17 bits per heavy atom. The molecule has 0 aliphatic rings. The monoisotopic (exact) mass is 336 g/mol. The molecule has 1 unspecified atom stereocenters. The summed E-state index contributed by atoms with van der Waals surface area (Å²) in [5.74, 6) is 0.751. The van der Waals surface area contributed by atoms with E-state index >= 15 is 0 Å². The molecule has 1 rings (SSSR count). The van der Waals surface area contributed by atoms with Crippen LogP contribution in [0, 0.1) is 0 Å². The molecule has 0 spiro atoms. The van der Waals surface area contributed by atoms with Gasteiger partial charge in [0.15, 0.2) is 0 Å². The number of rotatable bonds is 7. The highest BCUT2D eigenvalue weighted by atomic mass is 79.9. The van der Waals surface area contributed by atoms with Crippen LogP contribution in [0.3, 0.4) is 0 Å². The van der Waals surface area contributed by atoms with Gasteiger partial charge in [-0.25, -0.2) is 0 Å². The summed E-state index contributed by atoms with van der Waals surface area (Å²) in [6.45, 7) is 4.27. The normalized spacial score (nSPS) is 13.3. The quantitative estimate of drug-likeness (QED) is 0.548. The molecular weight excluding hydrogens is 319 g/mol. The summed E-state index contributed by atoms with van der Waals surface area (Å²) in [6, 6.07) is 7.30. The molecule has 0 aliphatic heterocycles. The van der Waals surface area contributed by atoms with E-state index < -0.39 is 12.2 Å². The Bertz CT molecular complexity index is 397. The number of ether oxygens (including phenoxy) is 1. The molecule has 0 fully saturated rings. The second-order valence-electron chi connectivity index (χ2n) is 3.48. The maximum absolute atomic E-state index is 12.5.